The van der Waals surface area contributed by atoms with Gasteiger partial charge in [0, 0.05) is 30.2 Å². The number of rotatable bonds is 4. The highest BCUT2D eigenvalue weighted by Crippen LogP contribution is 2.47. The van der Waals surface area contributed by atoms with E-state index in [0.29, 0.717) is 22.3 Å². The van der Waals surface area contributed by atoms with Gasteiger partial charge in [-0.3, -0.25) is 10.1 Å². The molecule has 0 saturated heterocycles. The topological polar surface area (TPSA) is 136 Å². The lowest BCUT2D eigenvalue weighted by atomic mass is 9.95. The van der Waals surface area contributed by atoms with Crippen LogP contribution in [0.1, 0.15) is 11.3 Å². The Labute approximate surface area is 192 Å². The lowest BCUT2D eigenvalue weighted by Crippen LogP contribution is -2.35. The van der Waals surface area contributed by atoms with Crippen LogP contribution >= 0.6 is 11.5 Å². The quantitative estimate of drug-likeness (QED) is 0.138. The molecule has 2 heterocycles. The molecule has 0 unspecified atom stereocenters. The van der Waals surface area contributed by atoms with E-state index in [1.165, 1.54) is 19.1 Å². The van der Waals surface area contributed by atoms with E-state index in [2.05, 4.69) is 9.59 Å². The monoisotopic (exact) mass is 490 g/mol. The van der Waals surface area contributed by atoms with Gasteiger partial charge in [0.25, 0.3) is 0 Å². The molecule has 0 aliphatic carbocycles. The Balaban J connectivity index is 2.10. The number of pyridine rings is 1. The highest BCUT2D eigenvalue weighted by atomic mass is 32.1. The number of hydrogen-bond donors (Lipinski definition) is 2. The Kier molecular flexibility index (Phi) is 5.57. The van der Waals surface area contributed by atoms with Crippen LogP contribution in [-0.4, -0.2) is 24.7 Å². The van der Waals surface area contributed by atoms with Crippen molar-refractivity contribution in [2.75, 3.05) is 0 Å². The summed E-state index contributed by atoms with van der Waals surface area (Å²) in [4.78, 5) is 10.1. The summed E-state index contributed by atoms with van der Waals surface area (Å²) in [5, 5.41) is 47.8. The molecule has 9 nitrogen and oxygen atoms in total. The highest BCUT2D eigenvalue weighted by Gasteiger charge is 2.40. The minimum atomic E-state index is -4.87. The highest BCUT2D eigenvalue weighted by molar-refractivity contribution is 7.10. The van der Waals surface area contributed by atoms with Crippen molar-refractivity contribution in [2.45, 2.75) is 13.1 Å². The zero-order chi connectivity index (χ0) is 24.8. The molecule has 0 aliphatic rings. The van der Waals surface area contributed by atoms with Crippen molar-refractivity contribution in [3.05, 3.63) is 75.1 Å². The molecule has 0 bridgehead atoms. The van der Waals surface area contributed by atoms with Crippen molar-refractivity contribution in [2.24, 2.45) is 0 Å². The van der Waals surface area contributed by atoms with Gasteiger partial charge in [0.15, 0.2) is 11.4 Å². The summed E-state index contributed by atoms with van der Waals surface area (Å²) in [5.74, 6) is -1.88. The van der Waals surface area contributed by atoms with Gasteiger partial charge in [-0.2, -0.15) is 17.9 Å². The van der Waals surface area contributed by atoms with Crippen molar-refractivity contribution in [3.8, 4) is 44.5 Å². The molecule has 0 atom stereocenters. The normalized spacial score (nSPS) is 11.5. The molecular formula is C21H13F3N4O5S. The van der Waals surface area contributed by atoms with E-state index >= 15 is 0 Å². The van der Waals surface area contributed by atoms with Crippen LogP contribution in [0.2, 0.25) is 0 Å². The van der Waals surface area contributed by atoms with Gasteiger partial charge in [-0.1, -0.05) is 22.7 Å². The standard InChI is InChI=1S/C21H13F3N4O5S/c1-10-7-13(21(22,23)24)16(18(27(10)31)11-5-3-2-4-6-11)20-17(25-26-34-20)12-8-14(28(32)33)19(30)15(29)9-12/h2-9,29-30H,1H3. The Morgan fingerprint density at radius 2 is 1.76 bits per heavy atom. The molecule has 4 rings (SSSR count). The van der Waals surface area contributed by atoms with Gasteiger partial charge < -0.3 is 15.4 Å². The molecule has 2 aromatic heterocycles. The first kappa shape index (κ1) is 22.9. The molecule has 0 aliphatic heterocycles. The van der Waals surface area contributed by atoms with E-state index in [9.17, 15) is 38.7 Å². The molecule has 0 saturated carbocycles. The lowest BCUT2D eigenvalue weighted by Gasteiger charge is -2.18. The second-order valence-electron chi connectivity index (χ2n) is 7.15. The second kappa shape index (κ2) is 8.26. The summed E-state index contributed by atoms with van der Waals surface area (Å²) >= 11 is 0.548. The van der Waals surface area contributed by atoms with Gasteiger partial charge in [-0.15, -0.1) is 5.10 Å². The van der Waals surface area contributed by atoms with Crippen LogP contribution in [0.5, 0.6) is 11.5 Å². The van der Waals surface area contributed by atoms with Gasteiger partial charge in [0.2, 0.25) is 11.4 Å². The van der Waals surface area contributed by atoms with Crippen molar-refractivity contribution in [1.29, 1.82) is 0 Å². The number of phenols is 2. The summed E-state index contributed by atoms with van der Waals surface area (Å²) < 4.78 is 46.5. The van der Waals surface area contributed by atoms with Gasteiger partial charge >= 0.3 is 11.9 Å². The third-order valence-corrected chi connectivity index (χ3v) is 5.73. The van der Waals surface area contributed by atoms with Crippen molar-refractivity contribution < 1.29 is 33.0 Å². The predicted molar refractivity (Wildman–Crippen MR) is 115 cm³/mol. The number of aryl methyl sites for hydroxylation is 1. The fourth-order valence-electron chi connectivity index (χ4n) is 3.48. The molecular weight excluding hydrogens is 477 g/mol. The first-order valence-corrected chi connectivity index (χ1v) is 10.2. The summed E-state index contributed by atoms with van der Waals surface area (Å²) in [6, 6.07) is 10.2. The maximum absolute atomic E-state index is 14.2. The predicted octanol–water partition coefficient (Wildman–Crippen LogP) is 4.82. The van der Waals surface area contributed by atoms with Crippen LogP contribution in [0, 0.1) is 22.2 Å². The first-order chi connectivity index (χ1) is 16.0. The summed E-state index contributed by atoms with van der Waals surface area (Å²) in [5.41, 5.74) is -3.24. The molecule has 2 aromatic carbocycles. The third kappa shape index (κ3) is 3.85. The molecule has 34 heavy (non-hydrogen) atoms. The first-order valence-electron chi connectivity index (χ1n) is 9.44. The number of hydrogen-bond acceptors (Lipinski definition) is 8. The Hall–Kier alpha value is -4.26. The molecule has 13 heteroatoms. The molecule has 0 spiro atoms. The minimum absolute atomic E-state index is 0.170. The number of aromatic nitrogens is 3. The zero-order valence-corrected chi connectivity index (χ0v) is 17.9. The van der Waals surface area contributed by atoms with Crippen LogP contribution in [0.3, 0.4) is 0 Å². The van der Waals surface area contributed by atoms with Gasteiger partial charge in [-0.25, -0.2) is 0 Å². The van der Waals surface area contributed by atoms with E-state index < -0.39 is 39.4 Å². The molecule has 174 valence electrons. The van der Waals surface area contributed by atoms with E-state index in [-0.39, 0.29) is 33.1 Å². The van der Waals surface area contributed by atoms with Crippen molar-refractivity contribution >= 4 is 17.2 Å². The Bertz CT molecular complexity index is 1420. The Morgan fingerprint density at radius 3 is 2.38 bits per heavy atom. The van der Waals surface area contributed by atoms with Crippen molar-refractivity contribution in [3.63, 3.8) is 0 Å². The maximum Gasteiger partial charge on any atom is 0.417 e. The number of phenolic OH excluding ortho intramolecular Hbond substituents is 2. The lowest BCUT2D eigenvalue weighted by molar-refractivity contribution is -0.600. The average molecular weight is 490 g/mol. The number of halogens is 3. The fraction of sp³-hybridized carbons (Fsp3) is 0.0952. The summed E-state index contributed by atoms with van der Waals surface area (Å²) in [7, 11) is 0. The van der Waals surface area contributed by atoms with Crippen LogP contribution in [0.15, 0.2) is 48.5 Å². The van der Waals surface area contributed by atoms with Gasteiger partial charge in [0.05, 0.1) is 20.9 Å². The second-order valence-corrected chi connectivity index (χ2v) is 7.91. The fourth-order valence-corrected chi connectivity index (χ4v) is 4.23. The van der Waals surface area contributed by atoms with E-state index in [0.717, 1.165) is 12.1 Å². The van der Waals surface area contributed by atoms with Gasteiger partial charge in [-0.05, 0) is 29.7 Å². The van der Waals surface area contributed by atoms with Gasteiger partial charge in [0.1, 0.15) is 5.69 Å². The molecule has 2 N–H and O–H groups in total. The molecule has 4 aromatic rings. The molecule has 0 amide bonds. The SMILES string of the molecule is Cc1cc(C(F)(F)F)c(-c2snnc2-c2cc(O)c(O)c([N+](=O)[O-])c2)c(-c2ccccc2)[n+]1[O-]. The number of nitro benzene ring substituents is 1. The number of aromatic hydroxyl groups is 2. The van der Waals surface area contributed by atoms with E-state index in [1.807, 2.05) is 0 Å². The smallest absolute Gasteiger partial charge is 0.417 e. The number of nitro groups is 1. The van der Waals surface area contributed by atoms with E-state index in [4.69, 9.17) is 0 Å². The third-order valence-electron chi connectivity index (χ3n) is 4.99. The Morgan fingerprint density at radius 1 is 1.09 bits per heavy atom. The molecule has 0 radical (unpaired) electrons. The van der Waals surface area contributed by atoms with Crippen molar-refractivity contribution in [1.82, 2.24) is 9.59 Å². The number of benzene rings is 2. The van der Waals surface area contributed by atoms with E-state index in [1.54, 1.807) is 18.2 Å². The largest absolute Gasteiger partial charge is 0.618 e. The van der Waals surface area contributed by atoms with Crippen LogP contribution in [-0.2, 0) is 6.18 Å². The van der Waals surface area contributed by atoms with Crippen LogP contribution in [0.25, 0.3) is 33.0 Å². The van der Waals surface area contributed by atoms with Crippen LogP contribution in [0.4, 0.5) is 18.9 Å². The summed E-state index contributed by atoms with van der Waals surface area (Å²) in [6.45, 7) is 1.24. The molecule has 0 fully saturated rings. The van der Waals surface area contributed by atoms with Crippen LogP contribution < -0.4 is 4.73 Å². The zero-order valence-electron chi connectivity index (χ0n) is 17.1. The number of nitrogens with zero attached hydrogens (tertiary/aromatic N) is 4. The minimum Gasteiger partial charge on any atom is -0.618 e. The maximum atomic E-state index is 14.2. The number of alkyl halides is 3. The average Bonchev–Trinajstić information content (AvgIpc) is 3.26. The summed E-state index contributed by atoms with van der Waals surface area (Å²) in [6.07, 6.45) is -4.87.